The van der Waals surface area contributed by atoms with Crippen LogP contribution in [0.4, 0.5) is 0 Å². The fraction of sp³-hybridized carbons (Fsp3) is 0.308. The standard InChI is InChI=1S/C7H7O.3C2H4O2.Pb/c1-8-7-5-3-2-4-6-7;3*1-2(3)4;/h2-5H,1H3;3*1H3,(H,3,4);/q;;;;+3/p-3. The van der Waals surface area contributed by atoms with Crippen molar-refractivity contribution in [3.8, 4) is 5.75 Å². The van der Waals surface area contributed by atoms with E-state index >= 15 is 0 Å². The second kappa shape index (κ2) is 7.39. The first-order valence-electron chi connectivity index (χ1n) is 6.03. The summed E-state index contributed by atoms with van der Waals surface area (Å²) < 4.78 is 21.1. The molecule has 0 aliphatic heterocycles. The number of methoxy groups -OCH3 is 1. The fourth-order valence-electron chi connectivity index (χ4n) is 1.69. The van der Waals surface area contributed by atoms with Crippen molar-refractivity contribution in [2.24, 2.45) is 0 Å². The van der Waals surface area contributed by atoms with Gasteiger partial charge < -0.3 is 0 Å². The van der Waals surface area contributed by atoms with Crippen LogP contribution in [0, 0.1) is 0 Å². The second-order valence-electron chi connectivity index (χ2n) is 4.04. The molecule has 0 aliphatic rings. The van der Waals surface area contributed by atoms with Crippen LogP contribution in [0.15, 0.2) is 24.3 Å². The van der Waals surface area contributed by atoms with Gasteiger partial charge in [-0.3, -0.25) is 0 Å². The molecule has 0 spiro atoms. The molecule has 0 N–H and O–H groups in total. The first kappa shape index (κ1) is 17.4. The Labute approximate surface area is 128 Å². The number of para-hydroxylation sites is 1. The van der Waals surface area contributed by atoms with Gasteiger partial charge in [0, 0.05) is 0 Å². The molecule has 0 atom stereocenters. The molecule has 0 fully saturated rings. The van der Waals surface area contributed by atoms with E-state index < -0.39 is 40.4 Å². The molecule has 0 bridgehead atoms. The third-order valence-corrected chi connectivity index (χ3v) is 12.9. The summed E-state index contributed by atoms with van der Waals surface area (Å²) >= 11 is -5.17. The van der Waals surface area contributed by atoms with E-state index in [1.54, 1.807) is 24.3 Å². The number of carbonyl (C=O) groups is 3. The summed E-state index contributed by atoms with van der Waals surface area (Å²) in [4.78, 5) is 34.2. The van der Waals surface area contributed by atoms with E-state index in [9.17, 15) is 14.4 Å². The average molecular weight is 491 g/mol. The Kier molecular flexibility index (Phi) is 6.12. The Morgan fingerprint density at radius 1 is 0.857 bits per heavy atom. The topological polar surface area (TPSA) is 88.1 Å². The molecule has 8 heteroatoms. The van der Waals surface area contributed by atoms with Gasteiger partial charge in [-0.15, -0.1) is 0 Å². The van der Waals surface area contributed by atoms with Gasteiger partial charge in [-0.1, -0.05) is 0 Å². The molecule has 0 heterocycles. The Morgan fingerprint density at radius 3 is 1.67 bits per heavy atom. The van der Waals surface area contributed by atoms with Crippen molar-refractivity contribution >= 4 is 43.6 Å². The molecule has 114 valence electrons. The molecule has 1 rings (SSSR count). The van der Waals surface area contributed by atoms with Gasteiger partial charge >= 0.3 is 129 Å². The van der Waals surface area contributed by atoms with Gasteiger partial charge in [-0.25, -0.2) is 0 Å². The van der Waals surface area contributed by atoms with Crippen molar-refractivity contribution in [2.45, 2.75) is 20.8 Å². The molecular weight excluding hydrogens is 475 g/mol. The average Bonchev–Trinajstić information content (AvgIpc) is 2.36. The van der Waals surface area contributed by atoms with Gasteiger partial charge in [-0.2, -0.15) is 0 Å². The zero-order chi connectivity index (χ0) is 16.0. The van der Waals surface area contributed by atoms with E-state index in [2.05, 4.69) is 0 Å². The van der Waals surface area contributed by atoms with Crippen molar-refractivity contribution in [1.29, 1.82) is 0 Å². The third kappa shape index (κ3) is 4.69. The summed E-state index contributed by atoms with van der Waals surface area (Å²) in [5.41, 5.74) is 0. The van der Waals surface area contributed by atoms with Crippen LogP contribution >= 0.6 is 0 Å². The number of rotatable bonds is 5. The molecule has 0 unspecified atom stereocenters. The van der Waals surface area contributed by atoms with Gasteiger partial charge in [0.1, 0.15) is 0 Å². The van der Waals surface area contributed by atoms with Crippen LogP contribution in [-0.4, -0.2) is 47.5 Å². The quantitative estimate of drug-likeness (QED) is 0.556. The predicted octanol–water partition coefficient (Wildman–Crippen LogP) is 0.530. The summed E-state index contributed by atoms with van der Waals surface area (Å²) in [5.74, 6) is -1.79. The maximum absolute atomic E-state index is 11.4. The summed E-state index contributed by atoms with van der Waals surface area (Å²) in [5, 5.41) is 0. The Morgan fingerprint density at radius 2 is 1.29 bits per heavy atom. The Hall–Kier alpha value is -1.65. The maximum atomic E-state index is 11.4. The fourth-order valence-corrected chi connectivity index (χ4v) is 10.9. The molecule has 0 aliphatic carbocycles. The molecule has 21 heavy (non-hydrogen) atoms. The number of carbonyl (C=O) groups excluding carboxylic acids is 3. The van der Waals surface area contributed by atoms with Crippen molar-refractivity contribution in [3.63, 3.8) is 0 Å². The van der Waals surface area contributed by atoms with Crippen LogP contribution in [0.25, 0.3) is 0 Å². The van der Waals surface area contributed by atoms with E-state index in [1.807, 2.05) is 0 Å². The molecule has 1 aromatic carbocycles. The first-order chi connectivity index (χ1) is 9.80. The number of benzene rings is 1. The van der Waals surface area contributed by atoms with Crippen molar-refractivity contribution < 1.29 is 27.2 Å². The SMILES string of the molecule is COc1cccc[c]1[Pb]([O]C(C)=O)([O]C(C)=O)[O]C(C)=O. The van der Waals surface area contributed by atoms with Gasteiger partial charge in [0.2, 0.25) is 0 Å². The minimum atomic E-state index is -5.17. The summed E-state index contributed by atoms with van der Waals surface area (Å²) in [7, 11) is 1.41. The van der Waals surface area contributed by atoms with E-state index in [0.717, 1.165) is 20.8 Å². The van der Waals surface area contributed by atoms with Gasteiger partial charge in [0.25, 0.3) is 0 Å². The Balaban J connectivity index is 3.47. The molecule has 0 radical (unpaired) electrons. The van der Waals surface area contributed by atoms with Crippen LogP contribution in [0.2, 0.25) is 0 Å². The molecule has 0 saturated carbocycles. The van der Waals surface area contributed by atoms with Crippen LogP contribution in [0.3, 0.4) is 0 Å². The van der Waals surface area contributed by atoms with Crippen LogP contribution in [0.1, 0.15) is 20.8 Å². The predicted molar refractivity (Wildman–Crippen MR) is 73.7 cm³/mol. The first-order valence-corrected chi connectivity index (χ1v) is 12.7. The third-order valence-electron chi connectivity index (χ3n) is 2.27. The van der Waals surface area contributed by atoms with E-state index in [4.69, 9.17) is 12.8 Å². The Bertz CT molecular complexity index is 514. The zero-order valence-corrected chi connectivity index (χ0v) is 16.1. The molecule has 7 nitrogen and oxygen atoms in total. The van der Waals surface area contributed by atoms with Gasteiger partial charge in [-0.05, 0) is 0 Å². The van der Waals surface area contributed by atoms with Crippen LogP contribution in [0.5, 0.6) is 5.75 Å². The zero-order valence-electron chi connectivity index (χ0n) is 12.2. The normalized spacial score (nSPS) is 10.5. The van der Waals surface area contributed by atoms with Crippen molar-refractivity contribution in [3.05, 3.63) is 24.3 Å². The summed E-state index contributed by atoms with van der Waals surface area (Å²) in [6.07, 6.45) is 0. The number of hydrogen-bond donors (Lipinski definition) is 0. The van der Waals surface area contributed by atoms with Gasteiger partial charge in [0.05, 0.1) is 0 Å². The molecule has 0 aromatic heterocycles. The molecular formula is C13H16O7Pb. The number of hydrogen-bond acceptors (Lipinski definition) is 7. The number of ether oxygens (including phenoxy) is 1. The summed E-state index contributed by atoms with van der Waals surface area (Å²) in [6.45, 7) is 3.45. The summed E-state index contributed by atoms with van der Waals surface area (Å²) in [6, 6.07) is 6.48. The van der Waals surface area contributed by atoms with E-state index in [1.165, 1.54) is 7.11 Å². The van der Waals surface area contributed by atoms with Crippen LogP contribution in [-0.2, 0) is 22.4 Å². The molecule has 0 saturated heterocycles. The van der Waals surface area contributed by atoms with Crippen LogP contribution < -0.4 is 7.86 Å². The van der Waals surface area contributed by atoms with E-state index in [0.29, 0.717) is 8.87 Å². The van der Waals surface area contributed by atoms with Gasteiger partial charge in [0.15, 0.2) is 0 Å². The molecule has 0 amide bonds. The second-order valence-corrected chi connectivity index (χ2v) is 12.8. The van der Waals surface area contributed by atoms with E-state index in [-0.39, 0.29) is 0 Å². The molecule has 1 aromatic rings. The van der Waals surface area contributed by atoms with Crippen molar-refractivity contribution in [2.75, 3.05) is 7.11 Å². The minimum absolute atomic E-state index is 0.299. The van der Waals surface area contributed by atoms with Crippen molar-refractivity contribution in [1.82, 2.24) is 0 Å². The monoisotopic (exact) mass is 492 g/mol.